The molecule has 1 aromatic carbocycles. The van der Waals surface area contributed by atoms with Crippen LogP contribution < -0.4 is 0 Å². The van der Waals surface area contributed by atoms with Crippen LogP contribution in [0.15, 0.2) is 28.7 Å². The van der Waals surface area contributed by atoms with Crippen molar-refractivity contribution < 1.29 is 4.42 Å². The van der Waals surface area contributed by atoms with Gasteiger partial charge in [-0.25, -0.2) is 0 Å². The first-order valence-corrected chi connectivity index (χ1v) is 7.00. The van der Waals surface area contributed by atoms with Crippen molar-refractivity contribution in [2.75, 3.05) is 13.1 Å². The third kappa shape index (κ3) is 2.96. The van der Waals surface area contributed by atoms with Gasteiger partial charge in [0.2, 0.25) is 11.8 Å². The minimum atomic E-state index is 0.498. The standard InChI is InChI=1S/C14H16ClN3O/c15-12-7-3-2-6-11(12)14-17-16-13(19-14)10-18-8-4-1-5-9-18/h2-3,6-7H,1,4-5,8-10H2. The molecule has 0 saturated carbocycles. The summed E-state index contributed by atoms with van der Waals surface area (Å²) in [5, 5.41) is 8.83. The topological polar surface area (TPSA) is 42.2 Å². The summed E-state index contributed by atoms with van der Waals surface area (Å²) < 4.78 is 5.70. The Morgan fingerprint density at radius 3 is 2.68 bits per heavy atom. The monoisotopic (exact) mass is 277 g/mol. The molecule has 0 atom stereocenters. The van der Waals surface area contributed by atoms with Crippen LogP contribution in [0.25, 0.3) is 11.5 Å². The Morgan fingerprint density at radius 2 is 1.89 bits per heavy atom. The van der Waals surface area contributed by atoms with Crippen molar-refractivity contribution >= 4 is 11.6 Å². The van der Waals surface area contributed by atoms with Gasteiger partial charge in [0.1, 0.15) is 0 Å². The molecular weight excluding hydrogens is 262 g/mol. The normalized spacial score (nSPS) is 16.7. The molecule has 1 aliphatic heterocycles. The molecule has 0 bridgehead atoms. The van der Waals surface area contributed by atoms with Crippen LogP contribution in [0.5, 0.6) is 0 Å². The van der Waals surface area contributed by atoms with Gasteiger partial charge in [-0.15, -0.1) is 10.2 Å². The van der Waals surface area contributed by atoms with Gasteiger partial charge in [-0.2, -0.15) is 0 Å². The van der Waals surface area contributed by atoms with Crippen LogP contribution in [0.3, 0.4) is 0 Å². The van der Waals surface area contributed by atoms with E-state index in [-0.39, 0.29) is 0 Å². The van der Waals surface area contributed by atoms with Crippen LogP contribution in [0.2, 0.25) is 5.02 Å². The van der Waals surface area contributed by atoms with Crippen molar-refractivity contribution in [1.82, 2.24) is 15.1 Å². The second kappa shape index (κ2) is 5.72. The molecule has 0 spiro atoms. The molecule has 1 fully saturated rings. The third-order valence-electron chi connectivity index (χ3n) is 3.38. The molecule has 0 N–H and O–H groups in total. The molecule has 1 aliphatic rings. The highest BCUT2D eigenvalue weighted by Gasteiger charge is 2.16. The summed E-state index contributed by atoms with van der Waals surface area (Å²) in [6, 6.07) is 7.51. The van der Waals surface area contributed by atoms with E-state index in [9.17, 15) is 0 Å². The van der Waals surface area contributed by atoms with Crippen molar-refractivity contribution in [1.29, 1.82) is 0 Å². The van der Waals surface area contributed by atoms with Gasteiger partial charge in [-0.3, -0.25) is 4.90 Å². The summed E-state index contributed by atoms with van der Waals surface area (Å²) in [5.41, 5.74) is 0.793. The molecule has 0 unspecified atom stereocenters. The molecule has 19 heavy (non-hydrogen) atoms. The number of hydrogen-bond acceptors (Lipinski definition) is 4. The second-order valence-electron chi connectivity index (χ2n) is 4.82. The minimum absolute atomic E-state index is 0.498. The van der Waals surface area contributed by atoms with E-state index in [1.807, 2.05) is 24.3 Å². The van der Waals surface area contributed by atoms with Gasteiger partial charge in [-0.1, -0.05) is 30.2 Å². The molecule has 0 aliphatic carbocycles. The average Bonchev–Trinajstić information content (AvgIpc) is 2.89. The predicted octanol–water partition coefficient (Wildman–Crippen LogP) is 3.38. The van der Waals surface area contributed by atoms with Gasteiger partial charge < -0.3 is 4.42 Å². The van der Waals surface area contributed by atoms with E-state index in [2.05, 4.69) is 15.1 Å². The van der Waals surface area contributed by atoms with Crippen LogP contribution >= 0.6 is 11.6 Å². The van der Waals surface area contributed by atoms with Crippen LogP contribution in [-0.2, 0) is 6.54 Å². The van der Waals surface area contributed by atoms with Gasteiger partial charge in [0, 0.05) is 0 Å². The Hall–Kier alpha value is -1.39. The zero-order valence-electron chi connectivity index (χ0n) is 10.7. The summed E-state index contributed by atoms with van der Waals surface area (Å²) in [5.74, 6) is 1.16. The largest absolute Gasteiger partial charge is 0.419 e. The molecular formula is C14H16ClN3O. The Balaban J connectivity index is 1.74. The average molecular weight is 278 g/mol. The first-order chi connectivity index (χ1) is 9.33. The zero-order valence-corrected chi connectivity index (χ0v) is 11.4. The molecule has 100 valence electrons. The molecule has 1 aromatic heterocycles. The molecule has 3 rings (SSSR count). The lowest BCUT2D eigenvalue weighted by atomic mass is 10.1. The molecule has 0 amide bonds. The molecule has 2 aromatic rings. The first-order valence-electron chi connectivity index (χ1n) is 6.62. The maximum absolute atomic E-state index is 6.12. The maximum atomic E-state index is 6.12. The predicted molar refractivity (Wildman–Crippen MR) is 73.9 cm³/mol. The van der Waals surface area contributed by atoms with Crippen molar-refractivity contribution in [3.63, 3.8) is 0 Å². The minimum Gasteiger partial charge on any atom is -0.419 e. The van der Waals surface area contributed by atoms with E-state index in [0.717, 1.165) is 25.2 Å². The molecule has 1 saturated heterocycles. The van der Waals surface area contributed by atoms with Crippen LogP contribution in [-0.4, -0.2) is 28.2 Å². The SMILES string of the molecule is Clc1ccccc1-c1nnc(CN2CCCCC2)o1. The summed E-state index contributed by atoms with van der Waals surface area (Å²) in [7, 11) is 0. The van der Waals surface area contributed by atoms with Crippen LogP contribution in [0.1, 0.15) is 25.2 Å². The smallest absolute Gasteiger partial charge is 0.249 e. The number of likely N-dealkylation sites (tertiary alicyclic amines) is 1. The van der Waals surface area contributed by atoms with Crippen molar-refractivity contribution in [2.24, 2.45) is 0 Å². The Kier molecular flexibility index (Phi) is 3.80. The van der Waals surface area contributed by atoms with Gasteiger partial charge in [0.15, 0.2) is 0 Å². The lowest BCUT2D eigenvalue weighted by molar-refractivity contribution is 0.202. The van der Waals surface area contributed by atoms with Gasteiger partial charge in [0.05, 0.1) is 17.1 Å². The van der Waals surface area contributed by atoms with E-state index in [1.165, 1.54) is 19.3 Å². The van der Waals surface area contributed by atoms with E-state index < -0.39 is 0 Å². The fourth-order valence-corrected chi connectivity index (χ4v) is 2.59. The molecule has 5 heteroatoms. The van der Waals surface area contributed by atoms with Crippen LogP contribution in [0.4, 0.5) is 0 Å². The summed E-state index contributed by atoms with van der Waals surface area (Å²) >= 11 is 6.12. The number of hydrogen-bond donors (Lipinski definition) is 0. The van der Waals surface area contributed by atoms with Crippen LogP contribution in [0, 0.1) is 0 Å². The number of halogens is 1. The van der Waals surface area contributed by atoms with E-state index in [1.54, 1.807) is 0 Å². The second-order valence-corrected chi connectivity index (χ2v) is 5.22. The van der Waals surface area contributed by atoms with Gasteiger partial charge in [-0.05, 0) is 38.1 Å². The van der Waals surface area contributed by atoms with E-state index in [0.29, 0.717) is 16.8 Å². The van der Waals surface area contributed by atoms with E-state index in [4.69, 9.17) is 16.0 Å². The zero-order chi connectivity index (χ0) is 13.1. The molecule has 0 radical (unpaired) electrons. The molecule has 4 nitrogen and oxygen atoms in total. The quantitative estimate of drug-likeness (QED) is 0.863. The highest BCUT2D eigenvalue weighted by molar-refractivity contribution is 6.33. The number of nitrogens with zero attached hydrogens (tertiary/aromatic N) is 3. The number of rotatable bonds is 3. The van der Waals surface area contributed by atoms with Gasteiger partial charge in [0.25, 0.3) is 0 Å². The first kappa shape index (κ1) is 12.6. The Labute approximate surface area is 117 Å². The molecule has 2 heterocycles. The summed E-state index contributed by atoms with van der Waals surface area (Å²) in [6.07, 6.45) is 3.84. The van der Waals surface area contributed by atoms with Crippen molar-refractivity contribution in [3.8, 4) is 11.5 Å². The lowest BCUT2D eigenvalue weighted by Gasteiger charge is -2.24. The number of piperidine rings is 1. The van der Waals surface area contributed by atoms with Crippen molar-refractivity contribution in [2.45, 2.75) is 25.8 Å². The fourth-order valence-electron chi connectivity index (χ4n) is 2.37. The lowest BCUT2D eigenvalue weighted by Crippen LogP contribution is -2.29. The number of benzene rings is 1. The fraction of sp³-hybridized carbons (Fsp3) is 0.429. The maximum Gasteiger partial charge on any atom is 0.249 e. The van der Waals surface area contributed by atoms with E-state index >= 15 is 0 Å². The van der Waals surface area contributed by atoms with Crippen molar-refractivity contribution in [3.05, 3.63) is 35.2 Å². The Bertz CT molecular complexity index is 549. The summed E-state index contributed by atoms with van der Waals surface area (Å²) in [4.78, 5) is 2.35. The number of aromatic nitrogens is 2. The van der Waals surface area contributed by atoms with Gasteiger partial charge >= 0.3 is 0 Å². The highest BCUT2D eigenvalue weighted by Crippen LogP contribution is 2.26. The summed E-state index contributed by atoms with van der Waals surface area (Å²) in [6.45, 7) is 2.96. The Morgan fingerprint density at radius 1 is 1.11 bits per heavy atom. The highest BCUT2D eigenvalue weighted by atomic mass is 35.5. The third-order valence-corrected chi connectivity index (χ3v) is 3.71.